The fourth-order valence-electron chi connectivity index (χ4n) is 1.92. The maximum Gasteiger partial charge on any atom is 0.329 e. The van der Waals surface area contributed by atoms with Gasteiger partial charge in [-0.3, -0.25) is 0 Å². The number of carbonyl (C=O) groups is 1. The number of hydrogen-bond acceptors (Lipinski definition) is 3. The predicted molar refractivity (Wildman–Crippen MR) is 88.7 cm³/mol. The van der Waals surface area contributed by atoms with Crippen LogP contribution in [0.25, 0.3) is 0 Å². The van der Waals surface area contributed by atoms with Gasteiger partial charge in [0, 0.05) is 6.54 Å². The summed E-state index contributed by atoms with van der Waals surface area (Å²) in [5.74, 6) is 0.710. The second-order valence-electron chi connectivity index (χ2n) is 5.05. The molecule has 0 saturated heterocycles. The quantitative estimate of drug-likeness (QED) is 0.861. The fraction of sp³-hybridized carbons (Fsp3) is 0.375. The lowest BCUT2D eigenvalue weighted by Gasteiger charge is -2.19. The van der Waals surface area contributed by atoms with Crippen molar-refractivity contribution >= 4 is 29.3 Å². The first-order valence-electron chi connectivity index (χ1n) is 7.30. The molecule has 0 bridgehead atoms. The molecule has 0 atom stereocenters. The van der Waals surface area contributed by atoms with Crippen molar-refractivity contribution in [1.82, 2.24) is 4.98 Å². The van der Waals surface area contributed by atoms with Gasteiger partial charge in [-0.2, -0.15) is 4.98 Å². The number of amides is 2. The molecule has 5 nitrogen and oxygen atoms in total. The SMILES string of the molecule is CCCCN(C(=O)Nc1ccccc1Cl)c1nc(C)c(C)o1. The van der Waals surface area contributed by atoms with Crippen LogP contribution in [0.1, 0.15) is 31.2 Å². The molecule has 1 aromatic heterocycles. The average molecular weight is 322 g/mol. The minimum Gasteiger partial charge on any atom is -0.428 e. The summed E-state index contributed by atoms with van der Waals surface area (Å²) < 4.78 is 5.58. The van der Waals surface area contributed by atoms with Gasteiger partial charge in [-0.15, -0.1) is 0 Å². The molecule has 2 rings (SSSR count). The summed E-state index contributed by atoms with van der Waals surface area (Å²) in [5.41, 5.74) is 1.35. The molecule has 0 fully saturated rings. The van der Waals surface area contributed by atoms with Gasteiger partial charge in [-0.1, -0.05) is 37.1 Å². The third kappa shape index (κ3) is 3.80. The molecule has 6 heteroatoms. The van der Waals surface area contributed by atoms with Crippen LogP contribution in [0, 0.1) is 13.8 Å². The van der Waals surface area contributed by atoms with Crippen molar-refractivity contribution in [2.24, 2.45) is 0 Å². The Bertz CT molecular complexity index is 635. The molecule has 118 valence electrons. The monoisotopic (exact) mass is 321 g/mol. The van der Waals surface area contributed by atoms with Crippen LogP contribution in [-0.2, 0) is 0 Å². The molecular weight excluding hydrogens is 302 g/mol. The molecule has 0 unspecified atom stereocenters. The predicted octanol–water partition coefficient (Wildman–Crippen LogP) is 4.78. The Hall–Kier alpha value is -2.01. The van der Waals surface area contributed by atoms with Crippen LogP contribution in [-0.4, -0.2) is 17.6 Å². The highest BCUT2D eigenvalue weighted by atomic mass is 35.5. The van der Waals surface area contributed by atoms with Crippen LogP contribution >= 0.6 is 11.6 Å². The number of halogens is 1. The highest BCUT2D eigenvalue weighted by Gasteiger charge is 2.21. The Morgan fingerprint density at radius 2 is 2.09 bits per heavy atom. The molecule has 0 saturated carbocycles. The number of carbonyl (C=O) groups excluding carboxylic acids is 1. The first kappa shape index (κ1) is 16.4. The summed E-state index contributed by atoms with van der Waals surface area (Å²) in [6.07, 6.45) is 1.82. The van der Waals surface area contributed by atoms with Crippen molar-refractivity contribution in [3.05, 3.63) is 40.7 Å². The largest absolute Gasteiger partial charge is 0.428 e. The molecule has 2 amide bonds. The molecular formula is C16H20ClN3O2. The molecule has 1 aromatic carbocycles. The summed E-state index contributed by atoms with van der Waals surface area (Å²) in [6.45, 7) is 6.28. The highest BCUT2D eigenvalue weighted by Crippen LogP contribution is 2.23. The molecule has 1 heterocycles. The van der Waals surface area contributed by atoms with Gasteiger partial charge in [0.15, 0.2) is 0 Å². The maximum absolute atomic E-state index is 12.5. The highest BCUT2D eigenvalue weighted by molar-refractivity contribution is 6.33. The number of oxazole rings is 1. The van der Waals surface area contributed by atoms with Crippen molar-refractivity contribution < 1.29 is 9.21 Å². The van der Waals surface area contributed by atoms with E-state index >= 15 is 0 Å². The van der Waals surface area contributed by atoms with E-state index in [0.29, 0.717) is 29.0 Å². The molecule has 0 spiro atoms. The summed E-state index contributed by atoms with van der Waals surface area (Å²) in [4.78, 5) is 18.4. The van der Waals surface area contributed by atoms with Gasteiger partial charge >= 0.3 is 12.0 Å². The van der Waals surface area contributed by atoms with Crippen LogP contribution in [0.2, 0.25) is 5.02 Å². The Morgan fingerprint density at radius 3 is 2.68 bits per heavy atom. The van der Waals surface area contributed by atoms with E-state index in [1.807, 2.05) is 26.0 Å². The Kier molecular flexibility index (Phi) is 5.44. The Morgan fingerprint density at radius 1 is 1.36 bits per heavy atom. The minimum absolute atomic E-state index is 0.303. The van der Waals surface area contributed by atoms with Gasteiger partial charge in [-0.05, 0) is 32.4 Å². The topological polar surface area (TPSA) is 58.4 Å². The van der Waals surface area contributed by atoms with Gasteiger partial charge in [0.05, 0.1) is 16.4 Å². The van der Waals surface area contributed by atoms with Crippen molar-refractivity contribution in [2.45, 2.75) is 33.6 Å². The first-order chi connectivity index (χ1) is 10.5. The molecule has 0 aliphatic rings. The number of para-hydroxylation sites is 1. The van der Waals surface area contributed by atoms with E-state index < -0.39 is 0 Å². The molecule has 22 heavy (non-hydrogen) atoms. The van der Waals surface area contributed by atoms with Crippen molar-refractivity contribution in [3.8, 4) is 0 Å². The first-order valence-corrected chi connectivity index (χ1v) is 7.67. The number of anilines is 2. The van der Waals surface area contributed by atoms with E-state index in [2.05, 4.69) is 17.2 Å². The Balaban J connectivity index is 2.21. The average Bonchev–Trinajstić information content (AvgIpc) is 2.81. The second kappa shape index (κ2) is 7.31. The van der Waals surface area contributed by atoms with Crippen molar-refractivity contribution in [2.75, 3.05) is 16.8 Å². The fourth-order valence-corrected chi connectivity index (χ4v) is 2.10. The summed E-state index contributed by atoms with van der Waals surface area (Å²) in [5, 5.41) is 3.29. The van der Waals surface area contributed by atoms with E-state index in [1.54, 1.807) is 12.1 Å². The zero-order valence-electron chi connectivity index (χ0n) is 13.0. The zero-order valence-corrected chi connectivity index (χ0v) is 13.8. The number of urea groups is 1. The van der Waals surface area contributed by atoms with Crippen LogP contribution in [0.4, 0.5) is 16.5 Å². The number of nitrogens with one attached hydrogen (secondary N) is 1. The number of aryl methyl sites for hydroxylation is 2. The smallest absolute Gasteiger partial charge is 0.329 e. The van der Waals surface area contributed by atoms with Crippen molar-refractivity contribution in [1.29, 1.82) is 0 Å². The van der Waals surface area contributed by atoms with E-state index in [4.69, 9.17) is 16.0 Å². The van der Waals surface area contributed by atoms with E-state index in [9.17, 15) is 4.79 Å². The number of aromatic nitrogens is 1. The maximum atomic E-state index is 12.5. The van der Waals surface area contributed by atoms with E-state index in [1.165, 1.54) is 4.90 Å². The third-order valence-corrected chi connectivity index (χ3v) is 3.67. The minimum atomic E-state index is -0.303. The summed E-state index contributed by atoms with van der Waals surface area (Å²) in [6, 6.07) is 7.12. The summed E-state index contributed by atoms with van der Waals surface area (Å²) >= 11 is 6.08. The molecule has 0 radical (unpaired) electrons. The third-order valence-electron chi connectivity index (χ3n) is 3.34. The lowest BCUT2D eigenvalue weighted by molar-refractivity contribution is 0.255. The van der Waals surface area contributed by atoms with E-state index in [0.717, 1.165) is 18.5 Å². The van der Waals surface area contributed by atoms with Gasteiger partial charge in [0.1, 0.15) is 5.76 Å². The standard InChI is InChI=1S/C16H20ClN3O2/c1-4-5-10-20(16-18-11(2)12(3)22-16)15(21)19-14-9-7-6-8-13(14)17/h6-9H,4-5,10H2,1-3H3,(H,19,21). The van der Waals surface area contributed by atoms with E-state index in [-0.39, 0.29) is 6.03 Å². The van der Waals surface area contributed by atoms with Gasteiger partial charge in [-0.25, -0.2) is 9.69 Å². The van der Waals surface area contributed by atoms with Crippen LogP contribution in [0.5, 0.6) is 0 Å². The number of hydrogen-bond donors (Lipinski definition) is 1. The number of rotatable bonds is 5. The van der Waals surface area contributed by atoms with Crippen LogP contribution < -0.4 is 10.2 Å². The number of benzene rings is 1. The zero-order chi connectivity index (χ0) is 16.1. The summed E-state index contributed by atoms with van der Waals surface area (Å²) in [7, 11) is 0. The molecule has 1 N–H and O–H groups in total. The lowest BCUT2D eigenvalue weighted by atomic mass is 10.3. The molecule has 0 aliphatic carbocycles. The second-order valence-corrected chi connectivity index (χ2v) is 5.46. The van der Waals surface area contributed by atoms with Gasteiger partial charge < -0.3 is 9.73 Å². The number of nitrogens with zero attached hydrogens (tertiary/aromatic N) is 2. The van der Waals surface area contributed by atoms with Gasteiger partial charge in [0.25, 0.3) is 0 Å². The molecule has 2 aromatic rings. The number of unbranched alkanes of at least 4 members (excludes halogenated alkanes) is 1. The molecule has 0 aliphatic heterocycles. The van der Waals surface area contributed by atoms with Crippen LogP contribution in [0.3, 0.4) is 0 Å². The normalized spacial score (nSPS) is 10.5. The van der Waals surface area contributed by atoms with Crippen LogP contribution in [0.15, 0.2) is 28.7 Å². The Labute approximate surface area is 135 Å². The lowest BCUT2D eigenvalue weighted by Crippen LogP contribution is -2.36. The van der Waals surface area contributed by atoms with Gasteiger partial charge in [0.2, 0.25) is 0 Å². The van der Waals surface area contributed by atoms with Crippen molar-refractivity contribution in [3.63, 3.8) is 0 Å².